The first-order valence-corrected chi connectivity index (χ1v) is 9.12. The smallest absolute Gasteiger partial charge is 0.242 e. The Kier molecular flexibility index (Phi) is 6.27. The first-order valence-electron chi connectivity index (χ1n) is 7.68. The van der Waals surface area contributed by atoms with E-state index in [4.69, 9.17) is 0 Å². The van der Waals surface area contributed by atoms with Gasteiger partial charge in [0.1, 0.15) is 11.6 Å². The van der Waals surface area contributed by atoms with E-state index in [2.05, 4.69) is 10.6 Å². The molecule has 6 nitrogen and oxygen atoms in total. The van der Waals surface area contributed by atoms with Crippen LogP contribution in [0.3, 0.4) is 0 Å². The third-order valence-corrected chi connectivity index (χ3v) is 5.49. The molecule has 0 saturated carbocycles. The van der Waals surface area contributed by atoms with Crippen LogP contribution in [0.5, 0.6) is 0 Å². The fraction of sp³-hybridized carbons (Fsp3) is 0.235. The zero-order valence-electron chi connectivity index (χ0n) is 14.3. The second-order valence-electron chi connectivity index (χ2n) is 5.65. The van der Waals surface area contributed by atoms with Crippen LogP contribution in [-0.2, 0) is 21.4 Å². The van der Waals surface area contributed by atoms with E-state index in [1.54, 1.807) is 18.2 Å². The van der Waals surface area contributed by atoms with E-state index >= 15 is 0 Å². The molecule has 1 amide bonds. The number of benzene rings is 2. The summed E-state index contributed by atoms with van der Waals surface area (Å²) in [4.78, 5) is 12.0. The first-order chi connectivity index (χ1) is 12.2. The molecule has 0 aliphatic heterocycles. The van der Waals surface area contributed by atoms with Crippen LogP contribution in [0, 0.1) is 11.6 Å². The Labute approximate surface area is 150 Å². The maximum atomic E-state index is 13.5. The van der Waals surface area contributed by atoms with Crippen molar-refractivity contribution >= 4 is 21.6 Å². The number of carbonyl (C=O) groups excluding carboxylic acids is 1. The lowest BCUT2D eigenvalue weighted by molar-refractivity contribution is -0.119. The molecule has 9 heteroatoms. The van der Waals surface area contributed by atoms with E-state index in [9.17, 15) is 22.0 Å². The molecule has 0 radical (unpaired) electrons. The maximum absolute atomic E-state index is 13.5. The molecule has 0 fully saturated rings. The van der Waals surface area contributed by atoms with Gasteiger partial charge in [-0.2, -0.15) is 0 Å². The van der Waals surface area contributed by atoms with Gasteiger partial charge in [-0.15, -0.1) is 0 Å². The van der Waals surface area contributed by atoms with Crippen LogP contribution in [0.1, 0.15) is 5.56 Å². The number of sulfonamides is 1. The van der Waals surface area contributed by atoms with E-state index in [-0.39, 0.29) is 23.7 Å². The first kappa shape index (κ1) is 19.8. The topological polar surface area (TPSA) is 78.5 Å². The third kappa shape index (κ3) is 4.77. The predicted molar refractivity (Wildman–Crippen MR) is 94.0 cm³/mol. The van der Waals surface area contributed by atoms with E-state index in [0.717, 1.165) is 22.5 Å². The van der Waals surface area contributed by atoms with Gasteiger partial charge in [-0.1, -0.05) is 18.2 Å². The van der Waals surface area contributed by atoms with Gasteiger partial charge in [0.15, 0.2) is 0 Å². The number of nitrogens with one attached hydrogen (secondary N) is 2. The lowest BCUT2D eigenvalue weighted by atomic mass is 10.2. The molecular weight excluding hydrogens is 364 g/mol. The summed E-state index contributed by atoms with van der Waals surface area (Å²) in [5.41, 5.74) is 0.294. The van der Waals surface area contributed by atoms with Gasteiger partial charge >= 0.3 is 0 Å². The van der Waals surface area contributed by atoms with Gasteiger partial charge in [-0.3, -0.25) is 4.79 Å². The molecule has 0 aliphatic carbocycles. The molecule has 0 aliphatic rings. The molecular formula is C17H19F2N3O3S. The van der Waals surface area contributed by atoms with Crippen LogP contribution >= 0.6 is 0 Å². The van der Waals surface area contributed by atoms with Crippen LogP contribution in [-0.4, -0.2) is 39.3 Å². The fourth-order valence-electron chi connectivity index (χ4n) is 2.16. The second kappa shape index (κ2) is 8.24. The van der Waals surface area contributed by atoms with Crippen molar-refractivity contribution in [2.45, 2.75) is 11.4 Å². The van der Waals surface area contributed by atoms with Crippen LogP contribution in [0.4, 0.5) is 14.5 Å². The van der Waals surface area contributed by atoms with Gasteiger partial charge in [-0.05, 0) is 29.8 Å². The Morgan fingerprint density at radius 1 is 1.12 bits per heavy atom. The van der Waals surface area contributed by atoms with E-state index in [1.165, 1.54) is 20.2 Å². The molecule has 0 unspecified atom stereocenters. The SMILES string of the molecule is CN(C)S(=O)(=O)c1ccccc1CNC(=O)CNc1cc(F)ccc1F. The van der Waals surface area contributed by atoms with Crippen molar-refractivity contribution in [1.82, 2.24) is 9.62 Å². The van der Waals surface area contributed by atoms with Crippen LogP contribution < -0.4 is 10.6 Å². The molecule has 2 aromatic rings. The number of carbonyl (C=O) groups is 1. The Bertz CT molecular complexity index is 902. The normalized spacial score (nSPS) is 11.4. The van der Waals surface area contributed by atoms with Crippen LogP contribution in [0.25, 0.3) is 0 Å². The lowest BCUT2D eigenvalue weighted by Gasteiger charge is -2.15. The number of rotatable bonds is 7. The van der Waals surface area contributed by atoms with Crippen molar-refractivity contribution in [2.24, 2.45) is 0 Å². The highest BCUT2D eigenvalue weighted by molar-refractivity contribution is 7.89. The van der Waals surface area contributed by atoms with Crippen molar-refractivity contribution in [3.05, 3.63) is 59.7 Å². The highest BCUT2D eigenvalue weighted by Crippen LogP contribution is 2.18. The number of hydrogen-bond donors (Lipinski definition) is 2. The molecule has 0 heterocycles. The average Bonchev–Trinajstić information content (AvgIpc) is 2.60. The van der Waals surface area contributed by atoms with Gasteiger partial charge in [0.25, 0.3) is 0 Å². The molecule has 2 N–H and O–H groups in total. The molecule has 140 valence electrons. The summed E-state index contributed by atoms with van der Waals surface area (Å²) in [7, 11) is -0.808. The van der Waals surface area contributed by atoms with E-state index in [1.807, 2.05) is 0 Å². The summed E-state index contributed by atoms with van der Waals surface area (Å²) < 4.78 is 52.3. The molecule has 0 bridgehead atoms. The lowest BCUT2D eigenvalue weighted by Crippen LogP contribution is -2.31. The zero-order chi connectivity index (χ0) is 19.3. The number of hydrogen-bond acceptors (Lipinski definition) is 4. The maximum Gasteiger partial charge on any atom is 0.242 e. The fourth-order valence-corrected chi connectivity index (χ4v) is 3.28. The second-order valence-corrected chi connectivity index (χ2v) is 7.77. The predicted octanol–water partition coefficient (Wildman–Crippen LogP) is 1.94. The molecule has 0 spiro atoms. The summed E-state index contributed by atoms with van der Waals surface area (Å²) in [6.07, 6.45) is 0. The minimum absolute atomic E-state index is 0.0185. The Morgan fingerprint density at radius 2 is 1.81 bits per heavy atom. The highest BCUT2D eigenvalue weighted by Gasteiger charge is 2.20. The van der Waals surface area contributed by atoms with Crippen molar-refractivity contribution in [1.29, 1.82) is 0 Å². The standard InChI is InChI=1S/C17H19F2N3O3S/c1-22(2)26(24,25)16-6-4-3-5-12(16)10-21-17(23)11-20-15-9-13(18)7-8-14(15)19/h3-9,20H,10-11H2,1-2H3,(H,21,23). The van der Waals surface area contributed by atoms with Crippen molar-refractivity contribution < 1.29 is 22.0 Å². The summed E-state index contributed by atoms with van der Waals surface area (Å²) >= 11 is 0. The summed E-state index contributed by atoms with van der Waals surface area (Å²) in [5, 5.41) is 5.05. The largest absolute Gasteiger partial charge is 0.374 e. The molecule has 0 aromatic heterocycles. The molecule has 0 saturated heterocycles. The zero-order valence-corrected chi connectivity index (χ0v) is 15.1. The minimum atomic E-state index is -3.65. The van der Waals surface area contributed by atoms with Gasteiger partial charge in [0, 0.05) is 20.6 Å². The number of amides is 1. The monoisotopic (exact) mass is 383 g/mol. The highest BCUT2D eigenvalue weighted by atomic mass is 32.2. The van der Waals surface area contributed by atoms with Gasteiger partial charge in [0.2, 0.25) is 15.9 Å². The van der Waals surface area contributed by atoms with Crippen molar-refractivity contribution in [2.75, 3.05) is 26.0 Å². The van der Waals surface area contributed by atoms with E-state index < -0.39 is 27.6 Å². The van der Waals surface area contributed by atoms with Gasteiger partial charge in [0.05, 0.1) is 17.1 Å². The molecule has 2 rings (SSSR count). The number of nitrogens with zero attached hydrogens (tertiary/aromatic N) is 1. The summed E-state index contributed by atoms with van der Waals surface area (Å²) in [5.74, 6) is -1.80. The number of anilines is 1. The van der Waals surface area contributed by atoms with Crippen LogP contribution in [0.15, 0.2) is 47.4 Å². The summed E-state index contributed by atoms with van der Waals surface area (Å²) in [6.45, 7) is -0.307. The average molecular weight is 383 g/mol. The van der Waals surface area contributed by atoms with Gasteiger partial charge in [-0.25, -0.2) is 21.5 Å². The molecule has 2 aromatic carbocycles. The number of halogens is 2. The Balaban J connectivity index is 2.01. The summed E-state index contributed by atoms with van der Waals surface area (Å²) in [6, 6.07) is 9.18. The van der Waals surface area contributed by atoms with Crippen LogP contribution in [0.2, 0.25) is 0 Å². The van der Waals surface area contributed by atoms with E-state index in [0.29, 0.717) is 5.56 Å². The van der Waals surface area contributed by atoms with Gasteiger partial charge < -0.3 is 10.6 Å². The molecule has 0 atom stereocenters. The minimum Gasteiger partial charge on any atom is -0.374 e. The van der Waals surface area contributed by atoms with Crippen molar-refractivity contribution in [3.8, 4) is 0 Å². The third-order valence-electron chi connectivity index (χ3n) is 3.58. The van der Waals surface area contributed by atoms with Crippen molar-refractivity contribution in [3.63, 3.8) is 0 Å². The Morgan fingerprint density at radius 3 is 2.50 bits per heavy atom. The quantitative estimate of drug-likeness (QED) is 0.766. The Hall–Kier alpha value is -2.52. The molecule has 26 heavy (non-hydrogen) atoms.